The summed E-state index contributed by atoms with van der Waals surface area (Å²) in [6.45, 7) is 3.96. The van der Waals surface area contributed by atoms with Gasteiger partial charge in [-0.1, -0.05) is 25.1 Å². The molecule has 0 aliphatic heterocycles. The van der Waals surface area contributed by atoms with Gasteiger partial charge in [-0.25, -0.2) is 0 Å². The highest BCUT2D eigenvalue weighted by molar-refractivity contribution is 7.85. The molecule has 1 atom stereocenters. The fraction of sp³-hybridized carbons (Fsp3) is 0.308. The van der Waals surface area contributed by atoms with E-state index in [9.17, 15) is 9.00 Å². The van der Waals surface area contributed by atoms with Gasteiger partial charge in [0.2, 0.25) is 5.91 Å². The van der Waals surface area contributed by atoms with Crippen molar-refractivity contribution < 1.29 is 9.00 Å². The van der Waals surface area contributed by atoms with Crippen LogP contribution in [0.25, 0.3) is 0 Å². The quantitative estimate of drug-likeness (QED) is 0.872. The largest absolute Gasteiger partial charge is 0.325 e. The number of amides is 1. The Morgan fingerprint density at radius 3 is 2.90 bits per heavy atom. The van der Waals surface area contributed by atoms with Gasteiger partial charge in [-0.05, 0) is 24.5 Å². The Hall–Kier alpha value is -2.02. The number of rotatable bonds is 5. The predicted molar refractivity (Wildman–Crippen MR) is 76.8 cm³/mol. The highest BCUT2D eigenvalue weighted by atomic mass is 32.2. The summed E-state index contributed by atoms with van der Waals surface area (Å²) in [5, 5.41) is 12.8. The van der Waals surface area contributed by atoms with E-state index in [2.05, 4.69) is 20.7 Å². The van der Waals surface area contributed by atoms with Gasteiger partial charge < -0.3 is 5.32 Å². The number of aromatic amines is 1. The molecule has 0 aliphatic carbocycles. The predicted octanol–water partition coefficient (Wildman–Crippen LogP) is 1.42. The summed E-state index contributed by atoms with van der Waals surface area (Å²) in [6, 6.07) is 5.86. The molecule has 20 heavy (non-hydrogen) atoms. The van der Waals surface area contributed by atoms with E-state index in [4.69, 9.17) is 0 Å². The number of anilines is 1. The Morgan fingerprint density at radius 1 is 1.45 bits per heavy atom. The van der Waals surface area contributed by atoms with Crippen molar-refractivity contribution >= 4 is 22.4 Å². The maximum atomic E-state index is 12.0. The Morgan fingerprint density at radius 2 is 2.25 bits per heavy atom. The van der Waals surface area contributed by atoms with Crippen molar-refractivity contribution in [1.82, 2.24) is 15.4 Å². The molecule has 2 rings (SSSR count). The molecule has 0 saturated heterocycles. The molecule has 1 aromatic carbocycles. The lowest BCUT2D eigenvalue weighted by atomic mass is 10.1. The molecule has 1 aromatic heterocycles. The molecule has 1 amide bonds. The molecule has 2 aromatic rings. The van der Waals surface area contributed by atoms with E-state index in [1.54, 1.807) is 0 Å². The minimum absolute atomic E-state index is 0.135. The lowest BCUT2D eigenvalue weighted by molar-refractivity contribution is -0.113. The van der Waals surface area contributed by atoms with Crippen molar-refractivity contribution in [3.05, 3.63) is 35.5 Å². The van der Waals surface area contributed by atoms with Gasteiger partial charge >= 0.3 is 0 Å². The first-order chi connectivity index (χ1) is 9.61. The van der Waals surface area contributed by atoms with E-state index < -0.39 is 10.8 Å². The van der Waals surface area contributed by atoms with Crippen LogP contribution in [0.4, 0.5) is 5.69 Å². The first kappa shape index (κ1) is 14.4. The SMILES string of the molecule is CCc1cccc(C)c1NC(=O)CS(=O)c1cn[nH]n1. The van der Waals surface area contributed by atoms with Gasteiger partial charge in [0.05, 0.1) is 17.0 Å². The molecule has 0 spiro atoms. The van der Waals surface area contributed by atoms with Crippen LogP contribution < -0.4 is 5.32 Å². The monoisotopic (exact) mass is 292 g/mol. The Kier molecular flexibility index (Phi) is 4.62. The van der Waals surface area contributed by atoms with Gasteiger partial charge in [0, 0.05) is 5.69 Å². The third-order valence-corrected chi connectivity index (χ3v) is 4.08. The second kappa shape index (κ2) is 6.42. The van der Waals surface area contributed by atoms with E-state index >= 15 is 0 Å². The summed E-state index contributed by atoms with van der Waals surface area (Å²) < 4.78 is 11.9. The van der Waals surface area contributed by atoms with Crippen molar-refractivity contribution in [2.45, 2.75) is 25.3 Å². The molecular weight excluding hydrogens is 276 g/mol. The van der Waals surface area contributed by atoms with Gasteiger partial charge in [0.1, 0.15) is 5.75 Å². The zero-order chi connectivity index (χ0) is 14.5. The zero-order valence-corrected chi connectivity index (χ0v) is 12.2. The van der Waals surface area contributed by atoms with E-state index in [0.717, 1.165) is 23.2 Å². The van der Waals surface area contributed by atoms with Gasteiger partial charge in [-0.2, -0.15) is 10.3 Å². The first-order valence-corrected chi connectivity index (χ1v) is 7.56. The molecule has 0 radical (unpaired) electrons. The molecule has 6 nitrogen and oxygen atoms in total. The summed E-state index contributed by atoms with van der Waals surface area (Å²) in [6.07, 6.45) is 2.18. The number of benzene rings is 1. The highest BCUT2D eigenvalue weighted by Gasteiger charge is 2.14. The summed E-state index contributed by atoms with van der Waals surface area (Å²) >= 11 is 0. The zero-order valence-electron chi connectivity index (χ0n) is 11.3. The first-order valence-electron chi connectivity index (χ1n) is 6.24. The minimum atomic E-state index is -1.49. The minimum Gasteiger partial charge on any atom is -0.325 e. The van der Waals surface area contributed by atoms with E-state index in [1.807, 2.05) is 32.0 Å². The van der Waals surface area contributed by atoms with E-state index in [-0.39, 0.29) is 16.7 Å². The fourth-order valence-electron chi connectivity index (χ4n) is 1.87. The van der Waals surface area contributed by atoms with Crippen molar-refractivity contribution in [3.63, 3.8) is 0 Å². The molecule has 106 valence electrons. The van der Waals surface area contributed by atoms with Gasteiger partial charge in [-0.3, -0.25) is 9.00 Å². The Labute approximate surface area is 119 Å². The van der Waals surface area contributed by atoms with Crippen LogP contribution in [-0.4, -0.2) is 31.3 Å². The summed E-state index contributed by atoms with van der Waals surface area (Å²) in [7, 11) is -1.49. The summed E-state index contributed by atoms with van der Waals surface area (Å²) in [5.74, 6) is -0.431. The second-order valence-corrected chi connectivity index (χ2v) is 5.71. The normalized spacial score (nSPS) is 12.1. The number of para-hydroxylation sites is 1. The molecule has 0 saturated carbocycles. The second-order valence-electron chi connectivity index (χ2n) is 4.31. The van der Waals surface area contributed by atoms with Crippen molar-refractivity contribution in [2.24, 2.45) is 0 Å². The number of nitrogens with one attached hydrogen (secondary N) is 2. The molecule has 7 heteroatoms. The topological polar surface area (TPSA) is 87.7 Å². The van der Waals surface area contributed by atoms with E-state index in [0.29, 0.717) is 0 Å². The third kappa shape index (κ3) is 3.30. The molecule has 0 bridgehead atoms. The number of aromatic nitrogens is 3. The average Bonchev–Trinajstić information content (AvgIpc) is 2.95. The van der Waals surface area contributed by atoms with E-state index in [1.165, 1.54) is 6.20 Å². The Bertz CT molecular complexity index is 625. The average molecular weight is 292 g/mol. The van der Waals surface area contributed by atoms with Crippen LogP contribution in [0, 0.1) is 6.92 Å². The van der Waals surface area contributed by atoms with Crippen LogP contribution in [0.2, 0.25) is 0 Å². The lowest BCUT2D eigenvalue weighted by Gasteiger charge is -2.12. The smallest absolute Gasteiger partial charge is 0.237 e. The van der Waals surface area contributed by atoms with Crippen LogP contribution in [0.3, 0.4) is 0 Å². The van der Waals surface area contributed by atoms with Crippen LogP contribution in [0.5, 0.6) is 0 Å². The van der Waals surface area contributed by atoms with Gasteiger partial charge in [0.25, 0.3) is 0 Å². The molecule has 1 unspecified atom stereocenters. The van der Waals surface area contributed by atoms with Crippen molar-refractivity contribution in [1.29, 1.82) is 0 Å². The van der Waals surface area contributed by atoms with Crippen LogP contribution >= 0.6 is 0 Å². The third-order valence-electron chi connectivity index (χ3n) is 2.89. The van der Waals surface area contributed by atoms with Crippen molar-refractivity contribution in [3.8, 4) is 0 Å². The number of hydrogen-bond donors (Lipinski definition) is 2. The molecular formula is C13H16N4O2S. The molecule has 1 heterocycles. The molecule has 2 N–H and O–H groups in total. The highest BCUT2D eigenvalue weighted by Crippen LogP contribution is 2.21. The van der Waals surface area contributed by atoms with Crippen LogP contribution in [0.15, 0.2) is 29.4 Å². The van der Waals surface area contributed by atoms with Crippen LogP contribution in [0.1, 0.15) is 18.1 Å². The number of carbonyl (C=O) groups excluding carboxylic acids is 1. The molecule has 0 fully saturated rings. The summed E-state index contributed by atoms with van der Waals surface area (Å²) in [4.78, 5) is 12.0. The maximum Gasteiger partial charge on any atom is 0.237 e. The fourth-order valence-corrected chi connectivity index (χ4v) is 2.64. The number of H-pyrrole nitrogens is 1. The van der Waals surface area contributed by atoms with Gasteiger partial charge in [-0.15, -0.1) is 5.10 Å². The van der Waals surface area contributed by atoms with Crippen LogP contribution in [-0.2, 0) is 22.0 Å². The maximum absolute atomic E-state index is 12.0. The lowest BCUT2D eigenvalue weighted by Crippen LogP contribution is -2.21. The summed E-state index contributed by atoms with van der Waals surface area (Å²) in [5.41, 5.74) is 2.85. The van der Waals surface area contributed by atoms with Crippen molar-refractivity contribution in [2.75, 3.05) is 11.1 Å². The number of hydrogen-bond acceptors (Lipinski definition) is 4. The molecule has 0 aliphatic rings. The number of carbonyl (C=O) groups is 1. The number of aryl methyl sites for hydroxylation is 2. The Balaban J connectivity index is 2.07. The number of nitrogens with zero attached hydrogens (tertiary/aromatic N) is 2. The standard InChI is InChI=1S/C13H16N4O2S/c1-3-10-6-4-5-9(2)13(10)15-11(18)8-20(19)12-7-14-17-16-12/h4-7H,3,8H2,1-2H3,(H,15,18)(H,14,16,17). The van der Waals surface area contributed by atoms with Gasteiger partial charge in [0.15, 0.2) is 5.03 Å².